The minimum Gasteiger partial charge on any atom is -0.382 e. The number of nitrogens with zero attached hydrogens (tertiary/aromatic N) is 4. The molecule has 0 aromatic carbocycles. The van der Waals surface area contributed by atoms with Gasteiger partial charge in [-0.25, -0.2) is 14.5 Å². The number of hydrogen-bond acceptors (Lipinski definition) is 5. The third-order valence-corrected chi connectivity index (χ3v) is 2.15. The molecule has 1 N–H and O–H groups in total. The van der Waals surface area contributed by atoms with Crippen molar-refractivity contribution in [2.75, 3.05) is 26.9 Å². The van der Waals surface area contributed by atoms with E-state index in [1.54, 1.807) is 12.4 Å². The Morgan fingerprint density at radius 3 is 2.47 bits per heavy atom. The van der Waals surface area contributed by atoms with Gasteiger partial charge in [0, 0.05) is 7.11 Å². The highest BCUT2D eigenvalue weighted by Gasteiger charge is 2.00. The Bertz CT molecular complexity index is 393. The van der Waals surface area contributed by atoms with Crippen molar-refractivity contribution in [3.8, 4) is 12.4 Å². The van der Waals surface area contributed by atoms with Crippen LogP contribution in [0.1, 0.15) is 6.92 Å². The smallest absolute Gasteiger partial charge is 0.243 e. The number of ether oxygens (including phenoxy) is 2. The second-order valence-electron chi connectivity index (χ2n) is 3.44. The molecule has 0 spiro atoms. The van der Waals surface area contributed by atoms with Gasteiger partial charge in [0.05, 0.1) is 26.4 Å². The lowest BCUT2D eigenvalue weighted by molar-refractivity contribution is -0.698. The van der Waals surface area contributed by atoms with Gasteiger partial charge in [0.1, 0.15) is 18.9 Å². The Kier molecular flexibility index (Phi) is 11.0. The maximum absolute atomic E-state index is 7.48. The van der Waals surface area contributed by atoms with Gasteiger partial charge in [-0.1, -0.05) is 0 Å². The largest absolute Gasteiger partial charge is 0.382 e. The van der Waals surface area contributed by atoms with Crippen LogP contribution in [-0.2, 0) is 22.6 Å². The molecule has 0 fully saturated rings. The fraction of sp³-hybridized carbons (Fsp3) is 0.583. The molecule has 0 saturated carbocycles. The number of hydrogen-bond donors (Lipinski definition) is 1. The van der Waals surface area contributed by atoms with Gasteiger partial charge in [0.15, 0.2) is 12.4 Å². The van der Waals surface area contributed by atoms with E-state index in [-0.39, 0.29) is 0 Å². The maximum Gasteiger partial charge on any atom is 0.243 e. The molecule has 0 aliphatic heterocycles. The van der Waals surface area contributed by atoms with Crippen LogP contribution in [0, 0.1) is 22.9 Å². The van der Waals surface area contributed by atoms with E-state index in [2.05, 4.69) is 34.8 Å². The van der Waals surface area contributed by atoms with Crippen LogP contribution in [-0.4, -0.2) is 31.5 Å². The van der Waals surface area contributed by atoms with Crippen LogP contribution >= 0.6 is 0 Å². The lowest BCUT2D eigenvalue weighted by Gasteiger charge is -2.00. The zero-order chi connectivity index (χ0) is 14.3. The standard InChI is InChI=1S/C10H19N2O2.C2HN3/c1-3-11-4-5-12(10-11)6-7-14-9-8-13-2;3-1-5-2-4/h4-5,10H,3,6-9H2,1-2H3;5H/q+1;. The Hall–Kier alpha value is -2.09. The second-order valence-corrected chi connectivity index (χ2v) is 3.44. The average Bonchev–Trinajstić information content (AvgIpc) is 2.88. The van der Waals surface area contributed by atoms with Crippen molar-refractivity contribution in [2.24, 2.45) is 0 Å². The zero-order valence-electron chi connectivity index (χ0n) is 11.4. The third kappa shape index (κ3) is 9.60. The summed E-state index contributed by atoms with van der Waals surface area (Å²) in [7, 11) is 1.68. The molecule has 0 radical (unpaired) electrons. The fourth-order valence-electron chi connectivity index (χ4n) is 1.20. The highest BCUT2D eigenvalue weighted by molar-refractivity contribution is 4.77. The number of rotatable bonds is 7. The van der Waals surface area contributed by atoms with Crippen molar-refractivity contribution >= 4 is 0 Å². The van der Waals surface area contributed by atoms with E-state index >= 15 is 0 Å². The van der Waals surface area contributed by atoms with Crippen LogP contribution in [0.25, 0.3) is 0 Å². The van der Waals surface area contributed by atoms with E-state index in [0.717, 1.165) is 19.7 Å². The van der Waals surface area contributed by atoms with E-state index in [4.69, 9.17) is 20.0 Å². The fourth-order valence-corrected chi connectivity index (χ4v) is 1.20. The number of aryl methyl sites for hydroxylation is 1. The third-order valence-electron chi connectivity index (χ3n) is 2.15. The number of imidazole rings is 1. The Balaban J connectivity index is 0.000000555. The van der Waals surface area contributed by atoms with E-state index in [0.29, 0.717) is 13.2 Å². The molecule has 7 heteroatoms. The van der Waals surface area contributed by atoms with Gasteiger partial charge in [0.2, 0.25) is 6.33 Å². The molecule has 0 bridgehead atoms. The summed E-state index contributed by atoms with van der Waals surface area (Å²) in [5.41, 5.74) is 0. The first-order chi connectivity index (χ1) is 9.28. The van der Waals surface area contributed by atoms with Crippen molar-refractivity contribution in [3.63, 3.8) is 0 Å². The number of nitrogens with one attached hydrogen (secondary N) is 1. The molecule has 19 heavy (non-hydrogen) atoms. The second kappa shape index (κ2) is 12.4. The molecule has 0 aliphatic rings. The topological polar surface area (TPSA) is 86.9 Å². The molecule has 0 aliphatic carbocycles. The lowest BCUT2D eigenvalue weighted by Crippen LogP contribution is -2.33. The summed E-state index contributed by atoms with van der Waals surface area (Å²) in [6.07, 6.45) is 9.02. The Morgan fingerprint density at radius 1 is 1.26 bits per heavy atom. The molecule has 0 unspecified atom stereocenters. The molecule has 0 amide bonds. The minimum atomic E-state index is 0.667. The van der Waals surface area contributed by atoms with Gasteiger partial charge in [-0.15, -0.1) is 0 Å². The predicted octanol–water partition coefficient (Wildman–Crippen LogP) is -0.00334. The zero-order valence-corrected chi connectivity index (χ0v) is 11.4. The van der Waals surface area contributed by atoms with Crippen molar-refractivity contribution in [3.05, 3.63) is 18.7 Å². The van der Waals surface area contributed by atoms with E-state index < -0.39 is 0 Å². The normalized spacial score (nSPS) is 8.84. The van der Waals surface area contributed by atoms with Crippen LogP contribution in [0.2, 0.25) is 0 Å². The van der Waals surface area contributed by atoms with Crippen molar-refractivity contribution in [1.82, 2.24) is 9.88 Å². The van der Waals surface area contributed by atoms with E-state index in [1.807, 2.05) is 0 Å². The summed E-state index contributed by atoms with van der Waals surface area (Å²) in [6.45, 7) is 6.11. The summed E-state index contributed by atoms with van der Waals surface area (Å²) in [5.74, 6) is 0. The number of nitriles is 2. The first-order valence-corrected chi connectivity index (χ1v) is 5.93. The summed E-state index contributed by atoms with van der Waals surface area (Å²) in [6, 6.07) is 0. The van der Waals surface area contributed by atoms with Crippen molar-refractivity contribution in [1.29, 1.82) is 10.5 Å². The van der Waals surface area contributed by atoms with Gasteiger partial charge >= 0.3 is 0 Å². The quantitative estimate of drug-likeness (QED) is 0.325. The van der Waals surface area contributed by atoms with E-state index in [1.165, 1.54) is 12.4 Å². The van der Waals surface area contributed by atoms with Gasteiger partial charge in [-0.05, 0) is 6.92 Å². The van der Waals surface area contributed by atoms with Crippen molar-refractivity contribution in [2.45, 2.75) is 20.0 Å². The molecule has 1 rings (SSSR count). The van der Waals surface area contributed by atoms with Crippen LogP contribution in [0.5, 0.6) is 0 Å². The van der Waals surface area contributed by atoms with Crippen LogP contribution in [0.3, 0.4) is 0 Å². The summed E-state index contributed by atoms with van der Waals surface area (Å²) >= 11 is 0. The monoisotopic (exact) mass is 266 g/mol. The molecule has 1 heterocycles. The van der Waals surface area contributed by atoms with Gasteiger partial charge < -0.3 is 9.47 Å². The number of aromatic nitrogens is 2. The highest BCUT2D eigenvalue weighted by atomic mass is 16.5. The van der Waals surface area contributed by atoms with Gasteiger partial charge in [-0.3, -0.25) is 0 Å². The summed E-state index contributed by atoms with van der Waals surface area (Å²) in [4.78, 5) is 0. The first-order valence-electron chi connectivity index (χ1n) is 5.93. The van der Waals surface area contributed by atoms with Crippen LogP contribution in [0.15, 0.2) is 18.7 Å². The number of methoxy groups -OCH3 is 1. The van der Waals surface area contributed by atoms with Gasteiger partial charge in [-0.2, -0.15) is 10.5 Å². The summed E-state index contributed by atoms with van der Waals surface area (Å²) in [5, 5.41) is 16.7. The maximum atomic E-state index is 7.48. The predicted molar refractivity (Wildman–Crippen MR) is 67.4 cm³/mol. The highest BCUT2D eigenvalue weighted by Crippen LogP contribution is 1.83. The lowest BCUT2D eigenvalue weighted by atomic mass is 10.6. The Morgan fingerprint density at radius 2 is 2.00 bits per heavy atom. The minimum absolute atomic E-state index is 0.667. The Labute approximate surface area is 113 Å². The molecule has 1 aromatic heterocycles. The van der Waals surface area contributed by atoms with Gasteiger partial charge in [0.25, 0.3) is 0 Å². The first kappa shape index (κ1) is 16.9. The molecule has 104 valence electrons. The molecule has 1 aromatic rings. The molecule has 0 saturated heterocycles. The molecular weight excluding hydrogens is 246 g/mol. The molecule has 0 atom stereocenters. The SMILES string of the molecule is CCn1cc[n+](CCOCCOC)c1.N#CNC#N. The average molecular weight is 266 g/mol. The van der Waals surface area contributed by atoms with Crippen LogP contribution < -0.4 is 9.88 Å². The summed E-state index contributed by atoms with van der Waals surface area (Å²) < 4.78 is 14.5. The van der Waals surface area contributed by atoms with Crippen LogP contribution in [0.4, 0.5) is 0 Å². The molecule has 7 nitrogen and oxygen atoms in total. The molecular formula is C12H20N5O2+. The van der Waals surface area contributed by atoms with E-state index in [9.17, 15) is 0 Å². The van der Waals surface area contributed by atoms with Crippen molar-refractivity contribution < 1.29 is 14.0 Å².